The molecule has 3 nitrogen and oxygen atoms in total. The second-order valence-electron chi connectivity index (χ2n) is 7.06. The van der Waals surface area contributed by atoms with E-state index in [4.69, 9.17) is 5.11 Å². The highest BCUT2D eigenvalue weighted by Gasteiger charge is 2.27. The molecular formula is C15H34N2O. The third-order valence-corrected chi connectivity index (χ3v) is 3.60. The number of nitrogens with zero attached hydrogens (tertiary/aromatic N) is 1. The lowest BCUT2D eigenvalue weighted by atomic mass is 9.85. The van der Waals surface area contributed by atoms with E-state index in [-0.39, 0.29) is 17.6 Å². The van der Waals surface area contributed by atoms with E-state index in [1.807, 2.05) is 0 Å². The molecule has 0 radical (unpaired) electrons. The number of hydrogen-bond acceptors (Lipinski definition) is 3. The summed E-state index contributed by atoms with van der Waals surface area (Å²) in [6, 6.07) is 0.484. The fourth-order valence-electron chi connectivity index (χ4n) is 1.91. The second kappa shape index (κ2) is 7.46. The molecule has 0 saturated carbocycles. The van der Waals surface area contributed by atoms with Crippen molar-refractivity contribution in [3.63, 3.8) is 0 Å². The number of rotatable bonds is 8. The summed E-state index contributed by atoms with van der Waals surface area (Å²) < 4.78 is 0. The van der Waals surface area contributed by atoms with Crippen molar-refractivity contribution in [2.45, 2.75) is 66.5 Å². The summed E-state index contributed by atoms with van der Waals surface area (Å²) in [7, 11) is 0. The Hall–Kier alpha value is -0.120. The van der Waals surface area contributed by atoms with Gasteiger partial charge in [0.05, 0.1) is 6.61 Å². The molecule has 1 atom stereocenters. The largest absolute Gasteiger partial charge is 0.395 e. The summed E-state index contributed by atoms with van der Waals surface area (Å²) in [5.41, 5.74) is 0.419. The van der Waals surface area contributed by atoms with E-state index >= 15 is 0 Å². The van der Waals surface area contributed by atoms with Crippen molar-refractivity contribution in [3.8, 4) is 0 Å². The van der Waals surface area contributed by atoms with Crippen LogP contribution in [0.5, 0.6) is 0 Å². The molecule has 0 aromatic carbocycles. The lowest BCUT2D eigenvalue weighted by Gasteiger charge is -2.38. The van der Waals surface area contributed by atoms with Crippen LogP contribution in [0.4, 0.5) is 0 Å². The predicted octanol–water partition coefficient (Wildman–Crippen LogP) is 2.49. The van der Waals surface area contributed by atoms with Gasteiger partial charge in [0.1, 0.15) is 0 Å². The Morgan fingerprint density at radius 3 is 2.06 bits per heavy atom. The van der Waals surface area contributed by atoms with Crippen LogP contribution in [0.15, 0.2) is 0 Å². The van der Waals surface area contributed by atoms with Gasteiger partial charge in [0, 0.05) is 31.2 Å². The molecule has 0 aromatic heterocycles. The molecule has 0 amide bonds. The zero-order valence-corrected chi connectivity index (χ0v) is 13.5. The summed E-state index contributed by atoms with van der Waals surface area (Å²) in [6.07, 6.45) is 1.14. The summed E-state index contributed by atoms with van der Waals surface area (Å²) in [6.45, 7) is 18.6. The van der Waals surface area contributed by atoms with E-state index < -0.39 is 0 Å². The van der Waals surface area contributed by atoms with E-state index in [1.165, 1.54) is 0 Å². The van der Waals surface area contributed by atoms with Gasteiger partial charge in [0.2, 0.25) is 0 Å². The Bertz CT molecular complexity index is 223. The first-order valence-electron chi connectivity index (χ1n) is 7.23. The number of aliphatic hydroxyl groups excluding tert-OH is 1. The van der Waals surface area contributed by atoms with Gasteiger partial charge in [-0.15, -0.1) is 0 Å². The zero-order chi connectivity index (χ0) is 14.4. The summed E-state index contributed by atoms with van der Waals surface area (Å²) in [4.78, 5) is 2.37. The van der Waals surface area contributed by atoms with Crippen molar-refractivity contribution >= 4 is 0 Å². The van der Waals surface area contributed by atoms with E-state index in [2.05, 4.69) is 58.7 Å². The van der Waals surface area contributed by atoms with Crippen LogP contribution in [-0.4, -0.2) is 47.8 Å². The fourth-order valence-corrected chi connectivity index (χ4v) is 1.91. The van der Waals surface area contributed by atoms with Crippen molar-refractivity contribution < 1.29 is 5.11 Å². The van der Waals surface area contributed by atoms with Gasteiger partial charge in [-0.2, -0.15) is 0 Å². The third-order valence-electron chi connectivity index (χ3n) is 3.60. The molecule has 18 heavy (non-hydrogen) atoms. The molecule has 0 aliphatic rings. The van der Waals surface area contributed by atoms with Gasteiger partial charge in [-0.05, 0) is 46.5 Å². The predicted molar refractivity (Wildman–Crippen MR) is 79.9 cm³/mol. The topological polar surface area (TPSA) is 35.5 Å². The van der Waals surface area contributed by atoms with Crippen LogP contribution < -0.4 is 5.32 Å². The molecule has 3 heteroatoms. The van der Waals surface area contributed by atoms with Crippen LogP contribution in [0.3, 0.4) is 0 Å². The first kappa shape index (κ1) is 17.9. The summed E-state index contributed by atoms with van der Waals surface area (Å²) >= 11 is 0. The van der Waals surface area contributed by atoms with Crippen LogP contribution in [0.1, 0.15) is 54.9 Å². The maximum atomic E-state index is 9.16. The van der Waals surface area contributed by atoms with E-state index in [9.17, 15) is 0 Å². The molecule has 0 aliphatic carbocycles. The molecule has 0 aromatic rings. The Morgan fingerprint density at radius 2 is 1.72 bits per heavy atom. The lowest BCUT2D eigenvalue weighted by Crippen LogP contribution is -2.49. The molecular weight excluding hydrogens is 224 g/mol. The van der Waals surface area contributed by atoms with Gasteiger partial charge < -0.3 is 10.4 Å². The van der Waals surface area contributed by atoms with Gasteiger partial charge >= 0.3 is 0 Å². The standard InChI is InChI=1S/C15H34N2O/c1-8-15(7,11-16-14(4,5)6)12-17(9-10-18)13(2)3/h13,16,18H,8-12H2,1-7H3. The van der Waals surface area contributed by atoms with Crippen LogP contribution in [0.2, 0.25) is 0 Å². The average Bonchev–Trinajstić information content (AvgIpc) is 2.25. The SMILES string of the molecule is CCC(C)(CNC(C)(C)C)CN(CCO)C(C)C. The average molecular weight is 258 g/mol. The quantitative estimate of drug-likeness (QED) is 0.702. The number of aliphatic hydroxyl groups is 1. The van der Waals surface area contributed by atoms with Gasteiger partial charge in [-0.1, -0.05) is 13.8 Å². The van der Waals surface area contributed by atoms with Crippen LogP contribution in [0, 0.1) is 5.41 Å². The summed E-state index contributed by atoms with van der Waals surface area (Å²) in [5, 5.41) is 12.8. The Labute approximate surface area is 114 Å². The zero-order valence-electron chi connectivity index (χ0n) is 13.5. The molecule has 0 spiro atoms. The Morgan fingerprint density at radius 1 is 1.17 bits per heavy atom. The monoisotopic (exact) mass is 258 g/mol. The van der Waals surface area contributed by atoms with Crippen molar-refractivity contribution in [1.82, 2.24) is 10.2 Å². The van der Waals surface area contributed by atoms with E-state index in [0.717, 1.165) is 26.1 Å². The second-order valence-corrected chi connectivity index (χ2v) is 7.06. The third kappa shape index (κ3) is 7.34. The smallest absolute Gasteiger partial charge is 0.0558 e. The molecule has 0 fully saturated rings. The van der Waals surface area contributed by atoms with E-state index in [0.29, 0.717) is 6.04 Å². The highest BCUT2D eigenvalue weighted by molar-refractivity contribution is 4.84. The minimum Gasteiger partial charge on any atom is -0.395 e. The minimum absolute atomic E-state index is 0.163. The number of nitrogens with one attached hydrogen (secondary N) is 1. The fraction of sp³-hybridized carbons (Fsp3) is 1.00. The van der Waals surface area contributed by atoms with Crippen molar-refractivity contribution in [2.24, 2.45) is 5.41 Å². The van der Waals surface area contributed by atoms with E-state index in [1.54, 1.807) is 0 Å². The highest BCUT2D eigenvalue weighted by Crippen LogP contribution is 2.23. The molecule has 0 bridgehead atoms. The van der Waals surface area contributed by atoms with Crippen LogP contribution in [-0.2, 0) is 0 Å². The molecule has 0 aliphatic heterocycles. The molecule has 0 saturated heterocycles. The first-order valence-corrected chi connectivity index (χ1v) is 7.23. The highest BCUT2D eigenvalue weighted by atomic mass is 16.3. The molecule has 1 unspecified atom stereocenters. The van der Waals surface area contributed by atoms with Gasteiger partial charge in [0.25, 0.3) is 0 Å². The Kier molecular flexibility index (Phi) is 7.41. The maximum Gasteiger partial charge on any atom is 0.0558 e. The molecule has 0 rings (SSSR count). The maximum absolute atomic E-state index is 9.16. The molecule has 2 N–H and O–H groups in total. The lowest BCUT2D eigenvalue weighted by molar-refractivity contribution is 0.0995. The van der Waals surface area contributed by atoms with Crippen LogP contribution >= 0.6 is 0 Å². The van der Waals surface area contributed by atoms with Gasteiger partial charge in [0.15, 0.2) is 0 Å². The van der Waals surface area contributed by atoms with Crippen LogP contribution in [0.25, 0.3) is 0 Å². The van der Waals surface area contributed by atoms with Gasteiger partial charge in [-0.25, -0.2) is 0 Å². The normalized spacial score (nSPS) is 16.3. The minimum atomic E-state index is 0.163. The summed E-state index contributed by atoms with van der Waals surface area (Å²) in [5.74, 6) is 0. The van der Waals surface area contributed by atoms with Crippen molar-refractivity contribution in [3.05, 3.63) is 0 Å². The Balaban J connectivity index is 4.52. The molecule has 0 heterocycles. The van der Waals surface area contributed by atoms with Crippen molar-refractivity contribution in [1.29, 1.82) is 0 Å². The first-order chi connectivity index (χ1) is 8.13. The number of hydrogen-bond donors (Lipinski definition) is 2. The van der Waals surface area contributed by atoms with Gasteiger partial charge in [-0.3, -0.25) is 4.90 Å². The van der Waals surface area contributed by atoms with Crippen molar-refractivity contribution in [2.75, 3.05) is 26.2 Å². The molecule has 110 valence electrons.